The van der Waals surface area contributed by atoms with Crippen molar-refractivity contribution in [1.29, 1.82) is 0 Å². The van der Waals surface area contributed by atoms with Gasteiger partial charge in [0.25, 0.3) is 0 Å². The third kappa shape index (κ3) is 14.8. The fourth-order valence-electron chi connectivity index (χ4n) is 4.23. The van der Waals surface area contributed by atoms with Gasteiger partial charge >= 0.3 is 24.1 Å². The Kier molecular flexibility index (Phi) is 14.5. The highest BCUT2D eigenvalue weighted by Gasteiger charge is 2.32. The van der Waals surface area contributed by atoms with Gasteiger partial charge in [0.1, 0.15) is 24.7 Å². The number of carbonyl (C=O) groups is 4. The van der Waals surface area contributed by atoms with E-state index in [-0.39, 0.29) is 44.5 Å². The van der Waals surface area contributed by atoms with Gasteiger partial charge in [-0.1, -0.05) is 63.4 Å². The van der Waals surface area contributed by atoms with Crippen LogP contribution in [-0.4, -0.2) is 48.8 Å². The lowest BCUT2D eigenvalue weighted by Gasteiger charge is -2.34. The Morgan fingerprint density at radius 3 is 1.61 bits per heavy atom. The molecule has 0 aliphatic carbocycles. The van der Waals surface area contributed by atoms with Crippen molar-refractivity contribution in [2.45, 2.75) is 57.7 Å². The Morgan fingerprint density at radius 2 is 1.18 bits per heavy atom. The Hall–Kier alpha value is -4.25. The van der Waals surface area contributed by atoms with E-state index in [0.717, 1.165) is 11.1 Å². The van der Waals surface area contributed by atoms with Crippen LogP contribution in [0.4, 0.5) is 9.59 Å². The van der Waals surface area contributed by atoms with Crippen LogP contribution < -0.4 is 20.1 Å². The molecule has 0 saturated heterocycles. The smallest absolute Gasteiger partial charge is 0.413 e. The van der Waals surface area contributed by atoms with Gasteiger partial charge in [0.2, 0.25) is 0 Å². The summed E-state index contributed by atoms with van der Waals surface area (Å²) in [4.78, 5) is 47.3. The summed E-state index contributed by atoms with van der Waals surface area (Å²) in [5, 5.41) is 5.50. The fourth-order valence-corrected chi connectivity index (χ4v) is 4.75. The second-order valence-electron chi connectivity index (χ2n) is 11.1. The van der Waals surface area contributed by atoms with E-state index in [9.17, 15) is 19.2 Å². The van der Waals surface area contributed by atoms with Crippen molar-refractivity contribution in [3.8, 4) is 11.5 Å². The first kappa shape index (κ1) is 35.9. The van der Waals surface area contributed by atoms with Crippen LogP contribution in [0.3, 0.4) is 0 Å². The van der Waals surface area contributed by atoms with Gasteiger partial charge in [0.05, 0.1) is 4.87 Å². The number of rotatable bonds is 17. The number of ether oxygens (including phenoxy) is 4. The summed E-state index contributed by atoms with van der Waals surface area (Å²) in [6.07, 6.45) is 3.60. The van der Waals surface area contributed by atoms with Crippen molar-refractivity contribution in [3.05, 3.63) is 85.0 Å². The molecule has 2 amide bonds. The maximum atomic E-state index is 12.6. The van der Waals surface area contributed by atoms with Crippen molar-refractivity contribution < 1.29 is 38.1 Å². The van der Waals surface area contributed by atoms with Gasteiger partial charge in [-0.25, -0.2) is 9.59 Å². The number of carbonyl (C=O) groups excluding carboxylic acids is 4. The Morgan fingerprint density at radius 1 is 0.750 bits per heavy atom. The molecule has 0 saturated carbocycles. The minimum Gasteiger partial charge on any atom is -0.461 e. The molecule has 0 fully saturated rings. The van der Waals surface area contributed by atoms with Gasteiger partial charge in [-0.05, 0) is 67.0 Å². The van der Waals surface area contributed by atoms with E-state index in [4.69, 9.17) is 18.9 Å². The molecule has 0 heterocycles. The first-order chi connectivity index (χ1) is 20.8. The van der Waals surface area contributed by atoms with Gasteiger partial charge in [0, 0.05) is 19.4 Å². The molecule has 0 aliphatic heterocycles. The van der Waals surface area contributed by atoms with E-state index in [2.05, 4.69) is 36.4 Å². The normalized spacial score (nSPS) is 12.2. The molecule has 0 spiro atoms. The Balaban J connectivity index is 1.76. The van der Waals surface area contributed by atoms with Crippen molar-refractivity contribution in [1.82, 2.24) is 10.6 Å². The lowest BCUT2D eigenvalue weighted by Crippen LogP contribution is -2.48. The number of hydrogen-bond acceptors (Lipinski definition) is 9. The zero-order chi connectivity index (χ0) is 32.6. The molecule has 2 N–H and O–H groups in total. The summed E-state index contributed by atoms with van der Waals surface area (Å²) in [5.41, 5.74) is 1.33. The second kappa shape index (κ2) is 17.8. The van der Waals surface area contributed by atoms with Gasteiger partial charge in [0.15, 0.2) is 0 Å². The van der Waals surface area contributed by atoms with E-state index < -0.39 is 22.5 Å². The lowest BCUT2D eigenvalue weighted by atomic mass is 9.85. The van der Waals surface area contributed by atoms with Crippen molar-refractivity contribution in [2.24, 2.45) is 5.41 Å². The van der Waals surface area contributed by atoms with Crippen molar-refractivity contribution >= 4 is 36.8 Å². The number of benzene rings is 2. The SMILES string of the molecule is C=CCOC(=O)CCc1ccc(OC(=O)NCC(C)(C)CC(C)(S)NC(=O)Oc2ccc(CCC(=O)OCC=C)cc2)cc1. The number of thiol groups is 1. The minimum absolute atomic E-state index is 0.182. The van der Waals surface area contributed by atoms with E-state index in [0.29, 0.717) is 30.8 Å². The Bertz CT molecular complexity index is 1270. The molecule has 238 valence electrons. The standard InChI is InChI=1S/C33H42N2O8S/c1-6-20-40-28(36)18-12-24-8-14-26(15-9-24)42-30(38)34-23-32(3,4)22-33(5,44)35-31(39)43-27-16-10-25(11-17-27)13-19-29(37)41-21-7-2/h6-11,14-17,44H,1-2,12-13,18-23H2,3-5H3,(H,34,38)(H,35,39). The van der Waals surface area contributed by atoms with Crippen LogP contribution >= 0.6 is 12.6 Å². The molecule has 11 heteroatoms. The third-order valence-electron chi connectivity index (χ3n) is 6.13. The van der Waals surface area contributed by atoms with Crippen LogP contribution in [0.5, 0.6) is 11.5 Å². The number of aryl methyl sites for hydroxylation is 2. The Labute approximate surface area is 264 Å². The molecule has 0 bridgehead atoms. The fraction of sp³-hybridized carbons (Fsp3) is 0.394. The first-order valence-corrected chi connectivity index (χ1v) is 14.6. The van der Waals surface area contributed by atoms with Crippen LogP contribution in [0.2, 0.25) is 0 Å². The van der Waals surface area contributed by atoms with Crippen LogP contribution in [0.1, 0.15) is 51.2 Å². The molecule has 44 heavy (non-hydrogen) atoms. The van der Waals surface area contributed by atoms with Crippen LogP contribution in [0.25, 0.3) is 0 Å². The first-order valence-electron chi connectivity index (χ1n) is 14.2. The molecule has 2 aromatic carbocycles. The summed E-state index contributed by atoms with van der Waals surface area (Å²) < 4.78 is 20.7. The molecular weight excluding hydrogens is 584 g/mol. The maximum absolute atomic E-state index is 12.6. The van der Waals surface area contributed by atoms with E-state index in [1.807, 2.05) is 13.8 Å². The zero-order valence-corrected chi connectivity index (χ0v) is 26.5. The molecule has 1 unspecified atom stereocenters. The monoisotopic (exact) mass is 626 g/mol. The molecule has 0 aromatic heterocycles. The van der Waals surface area contributed by atoms with E-state index in [1.165, 1.54) is 12.2 Å². The molecule has 1 atom stereocenters. The summed E-state index contributed by atoms with van der Waals surface area (Å²) in [7, 11) is 0. The third-order valence-corrected chi connectivity index (χ3v) is 6.40. The van der Waals surface area contributed by atoms with Gasteiger partial charge in [-0.15, -0.1) is 0 Å². The highest BCUT2D eigenvalue weighted by atomic mass is 32.1. The number of esters is 2. The largest absolute Gasteiger partial charge is 0.461 e. The molecule has 2 rings (SSSR count). The number of nitrogens with one attached hydrogen (secondary N) is 2. The minimum atomic E-state index is -0.953. The molecule has 10 nitrogen and oxygen atoms in total. The van der Waals surface area contributed by atoms with Gasteiger partial charge in [-0.2, -0.15) is 12.6 Å². The van der Waals surface area contributed by atoms with Gasteiger partial charge in [-0.3, -0.25) is 9.59 Å². The summed E-state index contributed by atoms with van der Waals surface area (Å²) in [6.45, 7) is 13.2. The van der Waals surface area contributed by atoms with E-state index in [1.54, 1.807) is 55.5 Å². The average Bonchev–Trinajstić information content (AvgIpc) is 2.96. The second-order valence-corrected chi connectivity index (χ2v) is 12.1. The number of hydrogen-bond donors (Lipinski definition) is 3. The van der Waals surface area contributed by atoms with Crippen molar-refractivity contribution in [3.63, 3.8) is 0 Å². The molecule has 0 aliphatic rings. The molecule has 2 aromatic rings. The topological polar surface area (TPSA) is 129 Å². The average molecular weight is 627 g/mol. The van der Waals surface area contributed by atoms with Crippen LogP contribution in [-0.2, 0) is 31.9 Å². The highest BCUT2D eigenvalue weighted by molar-refractivity contribution is 7.81. The number of amides is 2. The lowest BCUT2D eigenvalue weighted by molar-refractivity contribution is -0.143. The zero-order valence-electron chi connectivity index (χ0n) is 25.6. The van der Waals surface area contributed by atoms with Crippen LogP contribution in [0, 0.1) is 5.41 Å². The molecule has 0 radical (unpaired) electrons. The highest BCUT2D eigenvalue weighted by Crippen LogP contribution is 2.30. The van der Waals surface area contributed by atoms with Crippen LogP contribution in [0.15, 0.2) is 73.8 Å². The summed E-state index contributed by atoms with van der Waals surface area (Å²) in [5.74, 6) is 0.0870. The predicted molar refractivity (Wildman–Crippen MR) is 171 cm³/mol. The van der Waals surface area contributed by atoms with E-state index >= 15 is 0 Å². The van der Waals surface area contributed by atoms with Crippen molar-refractivity contribution in [2.75, 3.05) is 19.8 Å². The quantitative estimate of drug-likeness (QED) is 0.0851. The molecular formula is C33H42N2O8S. The predicted octanol–water partition coefficient (Wildman–Crippen LogP) is 5.95. The summed E-state index contributed by atoms with van der Waals surface area (Å²) >= 11 is 4.61. The summed E-state index contributed by atoms with van der Waals surface area (Å²) in [6, 6.07) is 13.7. The maximum Gasteiger partial charge on any atom is 0.413 e. The van der Waals surface area contributed by atoms with Gasteiger partial charge < -0.3 is 29.6 Å².